The summed E-state index contributed by atoms with van der Waals surface area (Å²) in [4.78, 5) is 11.9. The lowest BCUT2D eigenvalue weighted by Crippen LogP contribution is -2.50. The lowest BCUT2D eigenvalue weighted by Gasteiger charge is -2.38. The van der Waals surface area contributed by atoms with Gasteiger partial charge in [-0.2, -0.15) is 0 Å². The molecule has 0 radical (unpaired) electrons. The van der Waals surface area contributed by atoms with Crippen molar-refractivity contribution in [3.05, 3.63) is 0 Å². The number of fused-ring (bicyclic) bond motifs is 2. The molecule has 0 spiro atoms. The number of hydrogen-bond acceptors (Lipinski definition) is 2. The van der Waals surface area contributed by atoms with Gasteiger partial charge in [-0.1, -0.05) is 13.8 Å². The van der Waals surface area contributed by atoms with E-state index in [1.807, 2.05) is 0 Å². The number of carbonyl (C=O) groups is 1. The average Bonchev–Trinajstić information content (AvgIpc) is 2.49. The standard InChI is InChI=1S/C11H19NO2/c1-10(2)7-4-5-11(10,8(13)6-7)9(14)12-3/h7-8,13H,4-6H2,1-3H3,(H,12,14)/t7-,8-,11+/m1/s1. The summed E-state index contributed by atoms with van der Waals surface area (Å²) in [5.74, 6) is 0.532. The van der Waals surface area contributed by atoms with Crippen LogP contribution in [0.2, 0.25) is 0 Å². The minimum Gasteiger partial charge on any atom is -0.392 e. The Morgan fingerprint density at radius 3 is 2.50 bits per heavy atom. The maximum atomic E-state index is 11.9. The molecule has 2 N–H and O–H groups in total. The molecule has 3 heteroatoms. The Balaban J connectivity index is 2.44. The first-order valence-corrected chi connectivity index (χ1v) is 5.37. The monoisotopic (exact) mass is 197 g/mol. The van der Waals surface area contributed by atoms with Crippen molar-refractivity contribution in [1.29, 1.82) is 0 Å². The summed E-state index contributed by atoms with van der Waals surface area (Å²) in [5, 5.41) is 12.8. The number of aliphatic hydroxyl groups is 1. The smallest absolute Gasteiger partial charge is 0.229 e. The van der Waals surface area contributed by atoms with E-state index in [1.54, 1.807) is 7.05 Å². The van der Waals surface area contributed by atoms with E-state index in [9.17, 15) is 9.90 Å². The zero-order valence-corrected chi connectivity index (χ0v) is 9.13. The van der Waals surface area contributed by atoms with Crippen molar-refractivity contribution in [3.8, 4) is 0 Å². The van der Waals surface area contributed by atoms with E-state index >= 15 is 0 Å². The first kappa shape index (κ1) is 9.97. The number of aliphatic hydroxyl groups excluding tert-OH is 1. The zero-order chi connectivity index (χ0) is 10.6. The van der Waals surface area contributed by atoms with E-state index in [0.29, 0.717) is 5.92 Å². The quantitative estimate of drug-likeness (QED) is 0.656. The van der Waals surface area contributed by atoms with Crippen LogP contribution in [-0.4, -0.2) is 24.2 Å². The second-order valence-corrected chi connectivity index (χ2v) is 5.26. The first-order valence-electron chi connectivity index (χ1n) is 5.37. The SMILES string of the molecule is CNC(=O)[C@]12CC[C@H](C[C@H]1O)C2(C)C. The molecule has 0 aliphatic heterocycles. The van der Waals surface area contributed by atoms with Gasteiger partial charge in [0.2, 0.25) is 5.91 Å². The zero-order valence-electron chi connectivity index (χ0n) is 9.13. The summed E-state index contributed by atoms with van der Waals surface area (Å²) in [7, 11) is 1.66. The van der Waals surface area contributed by atoms with Gasteiger partial charge in [-0.15, -0.1) is 0 Å². The van der Waals surface area contributed by atoms with Gasteiger partial charge in [-0.25, -0.2) is 0 Å². The Bertz CT molecular complexity index is 274. The van der Waals surface area contributed by atoms with Crippen LogP contribution in [0.1, 0.15) is 33.1 Å². The highest BCUT2D eigenvalue weighted by Crippen LogP contribution is 2.65. The van der Waals surface area contributed by atoms with Gasteiger partial charge >= 0.3 is 0 Å². The van der Waals surface area contributed by atoms with Gasteiger partial charge in [0, 0.05) is 7.05 Å². The highest BCUT2D eigenvalue weighted by atomic mass is 16.3. The molecule has 0 saturated heterocycles. The predicted octanol–water partition coefficient (Wildman–Crippen LogP) is 0.920. The third-order valence-electron chi connectivity index (χ3n) is 4.77. The molecule has 80 valence electrons. The van der Waals surface area contributed by atoms with Crippen LogP contribution in [0, 0.1) is 16.7 Å². The molecule has 2 aliphatic carbocycles. The number of nitrogens with one attached hydrogen (secondary N) is 1. The van der Waals surface area contributed by atoms with E-state index < -0.39 is 11.5 Å². The number of carbonyl (C=O) groups excluding carboxylic acids is 1. The lowest BCUT2D eigenvalue weighted by molar-refractivity contribution is -0.142. The number of amides is 1. The van der Waals surface area contributed by atoms with E-state index in [4.69, 9.17) is 0 Å². The largest absolute Gasteiger partial charge is 0.392 e. The summed E-state index contributed by atoms with van der Waals surface area (Å²) in [5.41, 5.74) is -0.571. The van der Waals surface area contributed by atoms with Crippen molar-refractivity contribution in [2.24, 2.45) is 16.7 Å². The molecule has 2 bridgehead atoms. The summed E-state index contributed by atoms with van der Waals surface area (Å²) in [6.07, 6.45) is 2.26. The number of rotatable bonds is 1. The molecular weight excluding hydrogens is 178 g/mol. The predicted molar refractivity (Wildman–Crippen MR) is 53.6 cm³/mol. The van der Waals surface area contributed by atoms with Crippen molar-refractivity contribution in [2.75, 3.05) is 7.05 Å². The van der Waals surface area contributed by atoms with Crippen LogP contribution in [0.3, 0.4) is 0 Å². The molecule has 0 aromatic heterocycles. The lowest BCUT2D eigenvalue weighted by atomic mass is 9.67. The second-order valence-electron chi connectivity index (χ2n) is 5.26. The summed E-state index contributed by atoms with van der Waals surface area (Å²) in [6, 6.07) is 0. The van der Waals surface area contributed by atoms with Gasteiger partial charge in [-0.05, 0) is 30.6 Å². The van der Waals surface area contributed by atoms with Crippen LogP contribution in [0.15, 0.2) is 0 Å². The topological polar surface area (TPSA) is 49.3 Å². The molecule has 2 fully saturated rings. The van der Waals surface area contributed by atoms with Crippen LogP contribution in [0.4, 0.5) is 0 Å². The normalized spacial score (nSPS) is 44.0. The minimum atomic E-state index is -0.521. The molecule has 2 saturated carbocycles. The van der Waals surface area contributed by atoms with Crippen molar-refractivity contribution in [3.63, 3.8) is 0 Å². The molecule has 0 unspecified atom stereocenters. The molecule has 2 rings (SSSR count). The van der Waals surface area contributed by atoms with Crippen LogP contribution in [0.5, 0.6) is 0 Å². The van der Waals surface area contributed by atoms with Crippen molar-refractivity contribution in [2.45, 2.75) is 39.2 Å². The van der Waals surface area contributed by atoms with E-state index in [1.165, 1.54) is 0 Å². The first-order chi connectivity index (χ1) is 6.46. The molecular formula is C11H19NO2. The Kier molecular flexibility index (Phi) is 1.94. The maximum absolute atomic E-state index is 11.9. The fourth-order valence-corrected chi connectivity index (χ4v) is 3.71. The van der Waals surface area contributed by atoms with Gasteiger partial charge in [0.1, 0.15) is 0 Å². The number of hydrogen-bond donors (Lipinski definition) is 2. The van der Waals surface area contributed by atoms with Gasteiger partial charge in [0.15, 0.2) is 0 Å². The summed E-state index contributed by atoms with van der Waals surface area (Å²) >= 11 is 0. The van der Waals surface area contributed by atoms with E-state index in [0.717, 1.165) is 19.3 Å². The van der Waals surface area contributed by atoms with Gasteiger partial charge in [0.25, 0.3) is 0 Å². The van der Waals surface area contributed by atoms with Crippen LogP contribution >= 0.6 is 0 Å². The Labute approximate surface area is 84.9 Å². The van der Waals surface area contributed by atoms with Crippen LogP contribution in [0.25, 0.3) is 0 Å². The molecule has 2 aliphatic rings. The summed E-state index contributed by atoms with van der Waals surface area (Å²) in [6.45, 7) is 4.24. The van der Waals surface area contributed by atoms with Gasteiger partial charge in [0.05, 0.1) is 11.5 Å². The fraction of sp³-hybridized carbons (Fsp3) is 0.909. The molecule has 3 atom stereocenters. The third kappa shape index (κ3) is 0.842. The molecule has 0 aromatic rings. The Hall–Kier alpha value is -0.570. The highest BCUT2D eigenvalue weighted by Gasteiger charge is 2.67. The average molecular weight is 197 g/mol. The maximum Gasteiger partial charge on any atom is 0.229 e. The van der Waals surface area contributed by atoms with Crippen LogP contribution < -0.4 is 5.32 Å². The fourth-order valence-electron chi connectivity index (χ4n) is 3.71. The Morgan fingerprint density at radius 1 is 1.50 bits per heavy atom. The van der Waals surface area contributed by atoms with Crippen molar-refractivity contribution in [1.82, 2.24) is 5.32 Å². The second kappa shape index (κ2) is 2.72. The van der Waals surface area contributed by atoms with Crippen molar-refractivity contribution >= 4 is 5.91 Å². The highest BCUT2D eigenvalue weighted by molar-refractivity contribution is 5.85. The van der Waals surface area contributed by atoms with Crippen LogP contribution in [-0.2, 0) is 4.79 Å². The van der Waals surface area contributed by atoms with E-state index in [-0.39, 0.29) is 11.3 Å². The molecule has 1 amide bonds. The van der Waals surface area contributed by atoms with Gasteiger partial charge < -0.3 is 10.4 Å². The molecule has 0 aromatic carbocycles. The molecule has 3 nitrogen and oxygen atoms in total. The molecule has 14 heavy (non-hydrogen) atoms. The Morgan fingerprint density at radius 2 is 2.14 bits per heavy atom. The summed E-state index contributed by atoms with van der Waals surface area (Å²) < 4.78 is 0. The van der Waals surface area contributed by atoms with E-state index in [2.05, 4.69) is 19.2 Å². The van der Waals surface area contributed by atoms with Gasteiger partial charge in [-0.3, -0.25) is 4.79 Å². The van der Waals surface area contributed by atoms with Crippen molar-refractivity contribution < 1.29 is 9.90 Å². The molecule has 0 heterocycles. The minimum absolute atomic E-state index is 0.0231. The third-order valence-corrected chi connectivity index (χ3v) is 4.77.